The van der Waals surface area contributed by atoms with E-state index in [2.05, 4.69) is 13.0 Å². The van der Waals surface area contributed by atoms with Crippen molar-refractivity contribution < 1.29 is 14.6 Å². The molecule has 0 unspecified atom stereocenters. The predicted molar refractivity (Wildman–Crippen MR) is 136 cm³/mol. The second kappa shape index (κ2) is 8.97. The van der Waals surface area contributed by atoms with Gasteiger partial charge in [0.2, 0.25) is 0 Å². The maximum atomic E-state index is 13.7. The molecule has 0 saturated heterocycles. The van der Waals surface area contributed by atoms with Crippen LogP contribution in [0.25, 0.3) is 0 Å². The Balaban J connectivity index is 1.13. The third kappa shape index (κ3) is 4.23. The zero-order valence-electron chi connectivity index (χ0n) is 22.2. The summed E-state index contributed by atoms with van der Waals surface area (Å²) >= 11 is 0. The number of ether oxygens (including phenoxy) is 1. The Bertz CT molecular complexity index is 953. The zero-order chi connectivity index (χ0) is 24.4. The first-order chi connectivity index (χ1) is 16.8. The number of nitrogens with zero attached hydrogens (tertiary/aromatic N) is 2. The molecule has 5 aliphatic carbocycles. The van der Waals surface area contributed by atoms with Crippen molar-refractivity contribution in [2.75, 3.05) is 13.2 Å². The molecule has 0 aliphatic heterocycles. The van der Waals surface area contributed by atoms with Crippen LogP contribution < -0.4 is 0 Å². The SMILES string of the molecule is CCOC[C@@]1(O)CC[C@H]2[C@H](CC[C@@H]3[C@@H]2CC[C@]2(C)[C@@H](C(=O)Cc4cc(C5CC5)nn4C)CC[C@@H]32)C1. The van der Waals surface area contributed by atoms with Crippen LogP contribution in [0.1, 0.15) is 102 Å². The van der Waals surface area contributed by atoms with Crippen LogP contribution in [0.15, 0.2) is 6.07 Å². The van der Waals surface area contributed by atoms with E-state index in [0.29, 0.717) is 43.2 Å². The lowest BCUT2D eigenvalue weighted by atomic mass is 9.49. The molecule has 8 atom stereocenters. The standard InChI is InChI=1S/C30H46N2O3/c1-4-35-18-30(34)14-12-22-20(17-30)7-8-24-23(22)11-13-29(2)25(24)9-10-26(29)28(33)16-21-15-27(19-5-6-19)31-32(21)3/h15,19-20,22-26,34H,4-14,16-18H2,1-3H3/t20-,22+,23-,24-,25+,26-,29+,30-/m1/s1. The molecule has 0 amide bonds. The number of aromatic nitrogens is 2. The highest BCUT2D eigenvalue weighted by Gasteiger charge is 2.59. The minimum atomic E-state index is -0.608. The monoisotopic (exact) mass is 482 g/mol. The lowest BCUT2D eigenvalue weighted by Crippen LogP contribution is -2.52. The molecule has 0 aromatic carbocycles. The molecule has 0 spiro atoms. The van der Waals surface area contributed by atoms with E-state index in [9.17, 15) is 9.90 Å². The lowest BCUT2D eigenvalue weighted by molar-refractivity contribution is -0.137. The molecule has 0 radical (unpaired) electrons. The van der Waals surface area contributed by atoms with Gasteiger partial charge in [-0.15, -0.1) is 0 Å². The number of ketones is 1. The molecule has 1 aromatic heterocycles. The third-order valence-corrected chi connectivity index (χ3v) is 11.4. The molecule has 5 fully saturated rings. The third-order valence-electron chi connectivity index (χ3n) is 11.4. The van der Waals surface area contributed by atoms with Gasteiger partial charge in [-0.3, -0.25) is 9.48 Å². The van der Waals surface area contributed by atoms with E-state index in [1.807, 2.05) is 18.7 Å². The summed E-state index contributed by atoms with van der Waals surface area (Å²) < 4.78 is 7.61. The lowest BCUT2D eigenvalue weighted by Gasteiger charge is -2.57. The summed E-state index contributed by atoms with van der Waals surface area (Å²) in [7, 11) is 2.01. The fraction of sp³-hybridized carbons (Fsp3) is 0.867. The number of carbonyl (C=O) groups excluding carboxylic acids is 1. The topological polar surface area (TPSA) is 64.3 Å². The first-order valence-corrected chi connectivity index (χ1v) is 14.7. The number of hydrogen-bond acceptors (Lipinski definition) is 4. The Morgan fingerprint density at radius 1 is 1.09 bits per heavy atom. The Hall–Kier alpha value is -1.20. The summed E-state index contributed by atoms with van der Waals surface area (Å²) in [5, 5.41) is 15.8. The van der Waals surface area contributed by atoms with Gasteiger partial charge in [-0.25, -0.2) is 0 Å². The predicted octanol–water partition coefficient (Wildman–Crippen LogP) is 5.45. The van der Waals surface area contributed by atoms with Gasteiger partial charge < -0.3 is 9.84 Å². The van der Waals surface area contributed by atoms with Gasteiger partial charge in [-0.2, -0.15) is 5.10 Å². The van der Waals surface area contributed by atoms with Crippen LogP contribution in [0, 0.1) is 40.9 Å². The first kappa shape index (κ1) is 24.2. The molecule has 1 heterocycles. The van der Waals surface area contributed by atoms with Crippen molar-refractivity contribution in [2.45, 2.75) is 102 Å². The van der Waals surface area contributed by atoms with Gasteiger partial charge in [0, 0.05) is 37.6 Å². The van der Waals surface area contributed by atoms with Gasteiger partial charge in [0.25, 0.3) is 0 Å². The molecule has 5 heteroatoms. The quantitative estimate of drug-likeness (QED) is 0.562. The maximum absolute atomic E-state index is 13.7. The van der Waals surface area contributed by atoms with Gasteiger partial charge >= 0.3 is 0 Å². The fourth-order valence-corrected chi connectivity index (χ4v) is 9.49. The molecule has 1 aromatic rings. The van der Waals surface area contributed by atoms with Gasteiger partial charge in [-0.1, -0.05) is 6.92 Å². The van der Waals surface area contributed by atoms with Crippen LogP contribution in [-0.4, -0.2) is 39.5 Å². The average Bonchev–Trinajstić information content (AvgIpc) is 3.53. The van der Waals surface area contributed by atoms with Crippen molar-refractivity contribution in [3.05, 3.63) is 17.5 Å². The highest BCUT2D eigenvalue weighted by atomic mass is 16.5. The van der Waals surface area contributed by atoms with Gasteiger partial charge in [0.05, 0.1) is 17.9 Å². The van der Waals surface area contributed by atoms with Crippen LogP contribution in [0.5, 0.6) is 0 Å². The van der Waals surface area contributed by atoms with E-state index in [0.717, 1.165) is 49.1 Å². The Morgan fingerprint density at radius 3 is 2.66 bits per heavy atom. The summed E-state index contributed by atoms with van der Waals surface area (Å²) in [5.74, 6) is 5.03. The van der Waals surface area contributed by atoms with E-state index < -0.39 is 5.60 Å². The normalized spacial score (nSPS) is 42.9. The smallest absolute Gasteiger partial charge is 0.142 e. The van der Waals surface area contributed by atoms with Crippen LogP contribution in [0.3, 0.4) is 0 Å². The first-order valence-electron chi connectivity index (χ1n) is 14.7. The highest BCUT2D eigenvalue weighted by Crippen LogP contribution is 2.64. The van der Waals surface area contributed by atoms with Crippen LogP contribution in [-0.2, 0) is 23.0 Å². The van der Waals surface area contributed by atoms with Crippen LogP contribution >= 0.6 is 0 Å². The van der Waals surface area contributed by atoms with E-state index in [4.69, 9.17) is 9.84 Å². The molecule has 35 heavy (non-hydrogen) atoms. The summed E-state index contributed by atoms with van der Waals surface area (Å²) in [6, 6.07) is 2.21. The highest BCUT2D eigenvalue weighted by molar-refractivity contribution is 5.84. The van der Waals surface area contributed by atoms with Crippen molar-refractivity contribution in [1.29, 1.82) is 0 Å². The molecular weight excluding hydrogens is 436 g/mol. The summed E-state index contributed by atoms with van der Waals surface area (Å²) in [6.07, 6.45) is 13.4. The molecular formula is C30H46N2O3. The zero-order valence-corrected chi connectivity index (χ0v) is 22.2. The number of hydrogen-bond donors (Lipinski definition) is 1. The van der Waals surface area contributed by atoms with Crippen molar-refractivity contribution in [1.82, 2.24) is 9.78 Å². The average molecular weight is 483 g/mol. The molecule has 5 aliphatic rings. The Labute approximate surface area is 211 Å². The van der Waals surface area contributed by atoms with Crippen molar-refractivity contribution >= 4 is 5.78 Å². The second-order valence-electron chi connectivity index (χ2n) is 13.3. The number of fused-ring (bicyclic) bond motifs is 5. The molecule has 5 saturated carbocycles. The minimum Gasteiger partial charge on any atom is -0.387 e. The van der Waals surface area contributed by atoms with Crippen LogP contribution in [0.4, 0.5) is 0 Å². The van der Waals surface area contributed by atoms with E-state index in [1.165, 1.54) is 50.6 Å². The van der Waals surface area contributed by atoms with Crippen molar-refractivity contribution in [3.8, 4) is 0 Å². The number of aliphatic hydroxyl groups is 1. The molecule has 0 bridgehead atoms. The van der Waals surface area contributed by atoms with Crippen LogP contribution in [0.2, 0.25) is 0 Å². The molecule has 194 valence electrons. The summed E-state index contributed by atoms with van der Waals surface area (Å²) in [6.45, 7) is 5.67. The number of carbonyl (C=O) groups is 1. The fourth-order valence-electron chi connectivity index (χ4n) is 9.49. The maximum Gasteiger partial charge on any atom is 0.142 e. The van der Waals surface area contributed by atoms with E-state index in [-0.39, 0.29) is 11.3 Å². The largest absolute Gasteiger partial charge is 0.387 e. The minimum absolute atomic E-state index is 0.174. The van der Waals surface area contributed by atoms with Gasteiger partial charge in [-0.05, 0) is 119 Å². The number of aryl methyl sites for hydroxylation is 1. The van der Waals surface area contributed by atoms with Crippen molar-refractivity contribution in [2.24, 2.45) is 48.0 Å². The summed E-state index contributed by atoms with van der Waals surface area (Å²) in [4.78, 5) is 13.7. The van der Waals surface area contributed by atoms with Crippen molar-refractivity contribution in [3.63, 3.8) is 0 Å². The second-order valence-corrected chi connectivity index (χ2v) is 13.3. The molecule has 5 nitrogen and oxygen atoms in total. The van der Waals surface area contributed by atoms with E-state index >= 15 is 0 Å². The van der Waals surface area contributed by atoms with Gasteiger partial charge in [0.1, 0.15) is 5.78 Å². The molecule has 6 rings (SSSR count). The summed E-state index contributed by atoms with van der Waals surface area (Å²) in [5.41, 5.74) is 1.87. The number of Topliss-reactive ketones (excluding diaryl/α,β-unsaturated/α-hetero) is 1. The Morgan fingerprint density at radius 2 is 1.89 bits per heavy atom. The molecule has 1 N–H and O–H groups in total. The Kier molecular flexibility index (Phi) is 6.19. The van der Waals surface area contributed by atoms with E-state index in [1.54, 1.807) is 0 Å². The number of rotatable bonds is 7. The van der Waals surface area contributed by atoms with Gasteiger partial charge in [0.15, 0.2) is 0 Å².